The lowest BCUT2D eigenvalue weighted by atomic mass is 10.1. The number of benzene rings is 1. The fraction of sp³-hybridized carbons (Fsp3) is 0.467. The lowest BCUT2D eigenvalue weighted by molar-refractivity contribution is -0.118. The summed E-state index contributed by atoms with van der Waals surface area (Å²) in [7, 11) is 1.48. The van der Waals surface area contributed by atoms with Crippen molar-refractivity contribution in [2.24, 2.45) is 5.73 Å². The highest BCUT2D eigenvalue weighted by Crippen LogP contribution is 2.14. The molecule has 2 amide bonds. The number of carbonyl (C=O) groups is 2. The summed E-state index contributed by atoms with van der Waals surface area (Å²) in [6.45, 7) is 2.39. The Morgan fingerprint density at radius 2 is 2.09 bits per heavy atom. The molecule has 1 unspecified atom stereocenters. The molecule has 0 aliphatic carbocycles. The van der Waals surface area contributed by atoms with Crippen molar-refractivity contribution >= 4 is 29.9 Å². The van der Waals surface area contributed by atoms with Crippen LogP contribution < -0.4 is 11.1 Å². The molecule has 1 aliphatic heterocycles. The van der Waals surface area contributed by atoms with Crippen LogP contribution in [-0.2, 0) is 14.3 Å². The molecule has 3 N–H and O–H groups in total. The molecule has 1 fully saturated rings. The van der Waals surface area contributed by atoms with Crippen molar-refractivity contribution in [3.63, 3.8) is 0 Å². The molecule has 1 atom stereocenters. The summed E-state index contributed by atoms with van der Waals surface area (Å²) in [5, 5.41) is 2.69. The van der Waals surface area contributed by atoms with Crippen LogP contribution in [0.1, 0.15) is 10.4 Å². The van der Waals surface area contributed by atoms with Gasteiger partial charge in [0.2, 0.25) is 5.91 Å². The van der Waals surface area contributed by atoms with Gasteiger partial charge < -0.3 is 25.4 Å². The Kier molecular flexibility index (Phi) is 7.97. The number of nitrogens with zero attached hydrogens (tertiary/aromatic N) is 1. The van der Waals surface area contributed by atoms with Crippen molar-refractivity contribution in [3.8, 4) is 0 Å². The van der Waals surface area contributed by atoms with Gasteiger partial charge in [-0.2, -0.15) is 0 Å². The lowest BCUT2D eigenvalue weighted by Crippen LogP contribution is -2.41. The molecule has 8 heteroatoms. The SMILES string of the molecule is COCC(N)C(=O)Nc1cccc(C(=O)N2CCOCC2)c1.Cl. The fourth-order valence-corrected chi connectivity index (χ4v) is 2.17. The van der Waals surface area contributed by atoms with E-state index in [2.05, 4.69) is 5.32 Å². The summed E-state index contributed by atoms with van der Waals surface area (Å²) in [5.41, 5.74) is 6.73. The predicted octanol–water partition coefficient (Wildman–Crippen LogP) is 0.493. The van der Waals surface area contributed by atoms with E-state index in [-0.39, 0.29) is 30.8 Å². The number of carbonyl (C=O) groups excluding carboxylic acids is 2. The highest BCUT2D eigenvalue weighted by atomic mass is 35.5. The van der Waals surface area contributed by atoms with E-state index in [0.29, 0.717) is 37.6 Å². The summed E-state index contributed by atoms with van der Waals surface area (Å²) in [6.07, 6.45) is 0. The number of ether oxygens (including phenoxy) is 2. The van der Waals surface area contributed by atoms with Gasteiger partial charge in [0.05, 0.1) is 19.8 Å². The number of methoxy groups -OCH3 is 1. The number of hydrogen-bond acceptors (Lipinski definition) is 5. The van der Waals surface area contributed by atoms with Gasteiger partial charge in [-0.25, -0.2) is 0 Å². The van der Waals surface area contributed by atoms with Crippen molar-refractivity contribution in [2.45, 2.75) is 6.04 Å². The molecule has 23 heavy (non-hydrogen) atoms. The molecule has 1 heterocycles. The highest BCUT2D eigenvalue weighted by Gasteiger charge is 2.19. The Hall–Kier alpha value is -1.67. The van der Waals surface area contributed by atoms with Crippen molar-refractivity contribution in [1.29, 1.82) is 0 Å². The Bertz CT molecular complexity index is 535. The fourth-order valence-electron chi connectivity index (χ4n) is 2.17. The Morgan fingerprint density at radius 3 is 2.74 bits per heavy atom. The predicted molar refractivity (Wildman–Crippen MR) is 88.9 cm³/mol. The Labute approximate surface area is 141 Å². The minimum Gasteiger partial charge on any atom is -0.383 e. The van der Waals surface area contributed by atoms with Crippen LogP contribution in [0.15, 0.2) is 24.3 Å². The van der Waals surface area contributed by atoms with Crippen LogP contribution in [0.3, 0.4) is 0 Å². The van der Waals surface area contributed by atoms with Crippen molar-refractivity contribution in [3.05, 3.63) is 29.8 Å². The van der Waals surface area contributed by atoms with Gasteiger partial charge in [0.25, 0.3) is 5.91 Å². The third-order valence-electron chi connectivity index (χ3n) is 3.36. The van der Waals surface area contributed by atoms with Crippen LogP contribution in [0.5, 0.6) is 0 Å². The van der Waals surface area contributed by atoms with Gasteiger partial charge in [-0.05, 0) is 18.2 Å². The Morgan fingerprint density at radius 1 is 1.39 bits per heavy atom. The minimum absolute atomic E-state index is 0. The average molecular weight is 344 g/mol. The number of rotatable bonds is 5. The van der Waals surface area contributed by atoms with E-state index >= 15 is 0 Å². The van der Waals surface area contributed by atoms with Crippen LogP contribution in [-0.4, -0.2) is 62.8 Å². The zero-order valence-electron chi connectivity index (χ0n) is 13.0. The van der Waals surface area contributed by atoms with Gasteiger partial charge in [0, 0.05) is 31.5 Å². The van der Waals surface area contributed by atoms with Gasteiger partial charge in [0.1, 0.15) is 6.04 Å². The summed E-state index contributed by atoms with van der Waals surface area (Å²) < 4.78 is 10.1. The van der Waals surface area contributed by atoms with Crippen molar-refractivity contribution in [1.82, 2.24) is 4.90 Å². The maximum Gasteiger partial charge on any atom is 0.254 e. The molecule has 1 aliphatic rings. The van der Waals surface area contributed by atoms with Gasteiger partial charge in [-0.15, -0.1) is 12.4 Å². The third-order valence-corrected chi connectivity index (χ3v) is 3.36. The van der Waals surface area contributed by atoms with E-state index in [0.717, 1.165) is 0 Å². The van der Waals surface area contributed by atoms with E-state index in [1.807, 2.05) is 0 Å². The second kappa shape index (κ2) is 9.46. The van der Waals surface area contributed by atoms with Gasteiger partial charge in [-0.3, -0.25) is 9.59 Å². The summed E-state index contributed by atoms with van der Waals surface area (Å²) in [6, 6.07) is 6.07. The van der Waals surface area contributed by atoms with Crippen LogP contribution in [0.4, 0.5) is 5.69 Å². The number of amides is 2. The first-order valence-electron chi connectivity index (χ1n) is 7.14. The van der Waals surface area contributed by atoms with Crippen LogP contribution in [0.25, 0.3) is 0 Å². The molecule has 1 saturated heterocycles. The van der Waals surface area contributed by atoms with E-state index in [1.54, 1.807) is 29.2 Å². The van der Waals surface area contributed by atoms with E-state index in [9.17, 15) is 9.59 Å². The molecule has 0 bridgehead atoms. The van der Waals surface area contributed by atoms with Crippen LogP contribution in [0, 0.1) is 0 Å². The monoisotopic (exact) mass is 343 g/mol. The van der Waals surface area contributed by atoms with E-state index < -0.39 is 6.04 Å². The smallest absolute Gasteiger partial charge is 0.254 e. The summed E-state index contributed by atoms with van der Waals surface area (Å²) in [5.74, 6) is -0.418. The lowest BCUT2D eigenvalue weighted by Gasteiger charge is -2.27. The van der Waals surface area contributed by atoms with Crippen molar-refractivity contribution in [2.75, 3.05) is 45.3 Å². The molecule has 2 rings (SSSR count). The number of anilines is 1. The largest absolute Gasteiger partial charge is 0.383 e. The molecule has 1 aromatic carbocycles. The van der Waals surface area contributed by atoms with Gasteiger partial charge in [-0.1, -0.05) is 6.07 Å². The first-order chi connectivity index (χ1) is 10.6. The zero-order chi connectivity index (χ0) is 15.9. The molecule has 1 aromatic rings. The topological polar surface area (TPSA) is 93.9 Å². The molecule has 0 aromatic heterocycles. The molecule has 7 nitrogen and oxygen atoms in total. The second-order valence-corrected chi connectivity index (χ2v) is 5.04. The maximum absolute atomic E-state index is 12.4. The first kappa shape index (κ1) is 19.4. The van der Waals surface area contributed by atoms with E-state index in [4.69, 9.17) is 15.2 Å². The normalized spacial score (nSPS) is 15.5. The highest BCUT2D eigenvalue weighted by molar-refractivity contribution is 5.98. The number of nitrogens with one attached hydrogen (secondary N) is 1. The molecule has 0 radical (unpaired) electrons. The van der Waals surface area contributed by atoms with E-state index in [1.165, 1.54) is 7.11 Å². The third kappa shape index (κ3) is 5.47. The maximum atomic E-state index is 12.4. The summed E-state index contributed by atoms with van der Waals surface area (Å²) in [4.78, 5) is 26.0. The Balaban J connectivity index is 0.00000264. The standard InChI is InChI=1S/C15H21N3O4.ClH/c1-21-10-13(16)14(19)17-12-4-2-3-11(9-12)15(20)18-5-7-22-8-6-18;/h2-4,9,13H,5-8,10,16H2,1H3,(H,17,19);1H. The molecule has 0 spiro atoms. The first-order valence-corrected chi connectivity index (χ1v) is 7.14. The molecule has 128 valence electrons. The molecular weight excluding hydrogens is 322 g/mol. The molecule has 0 saturated carbocycles. The zero-order valence-corrected chi connectivity index (χ0v) is 13.8. The minimum atomic E-state index is -0.747. The number of halogens is 1. The second-order valence-electron chi connectivity index (χ2n) is 5.04. The van der Waals surface area contributed by atoms with Gasteiger partial charge >= 0.3 is 0 Å². The van der Waals surface area contributed by atoms with Crippen molar-refractivity contribution < 1.29 is 19.1 Å². The summed E-state index contributed by atoms with van der Waals surface area (Å²) >= 11 is 0. The number of hydrogen-bond donors (Lipinski definition) is 2. The number of nitrogens with two attached hydrogens (primary N) is 1. The van der Waals surface area contributed by atoms with Crippen LogP contribution >= 0.6 is 12.4 Å². The van der Waals surface area contributed by atoms with Crippen LogP contribution in [0.2, 0.25) is 0 Å². The molecular formula is C15H22ClN3O4. The van der Waals surface area contributed by atoms with Gasteiger partial charge in [0.15, 0.2) is 0 Å². The number of morpholine rings is 1. The quantitative estimate of drug-likeness (QED) is 0.811. The average Bonchev–Trinajstić information content (AvgIpc) is 2.55.